The summed E-state index contributed by atoms with van der Waals surface area (Å²) >= 11 is 0. The molecule has 2 unspecified atom stereocenters. The Labute approximate surface area is 231 Å². The Hall–Kier alpha value is -2.63. The molecule has 0 saturated heterocycles. The molecule has 6 aliphatic rings. The molecule has 6 fully saturated rings. The minimum absolute atomic E-state index is 0.162. The van der Waals surface area contributed by atoms with Gasteiger partial charge in [-0.25, -0.2) is 9.78 Å². The number of rotatable bonds is 7. The lowest BCUT2D eigenvalue weighted by Gasteiger charge is -2.57. The van der Waals surface area contributed by atoms with E-state index in [1.165, 1.54) is 57.4 Å². The first kappa shape index (κ1) is 25.3. The Morgan fingerprint density at radius 3 is 2.33 bits per heavy atom. The minimum Gasteiger partial charge on any atom is -0.478 e. The predicted molar refractivity (Wildman–Crippen MR) is 151 cm³/mol. The average molecular weight is 530 g/mol. The molecule has 39 heavy (non-hydrogen) atoms. The lowest BCUT2D eigenvalue weighted by atomic mass is 9.48. The van der Waals surface area contributed by atoms with Crippen LogP contribution in [-0.4, -0.2) is 27.0 Å². The van der Waals surface area contributed by atoms with Crippen LogP contribution in [0.3, 0.4) is 0 Å². The van der Waals surface area contributed by atoms with Gasteiger partial charge in [-0.1, -0.05) is 26.8 Å². The van der Waals surface area contributed by atoms with Gasteiger partial charge in [-0.05, 0) is 129 Å². The van der Waals surface area contributed by atoms with Gasteiger partial charge >= 0.3 is 5.97 Å². The van der Waals surface area contributed by atoms with Gasteiger partial charge in [0.25, 0.3) is 5.91 Å². The number of hydrogen-bond acceptors (Lipinski definition) is 3. The molecular formula is C33H43N3O3. The number of aryl methyl sites for hydroxylation is 1. The summed E-state index contributed by atoms with van der Waals surface area (Å²) in [5, 5.41) is 12.4. The molecule has 1 aromatic heterocycles. The highest BCUT2D eigenvalue weighted by molar-refractivity contribution is 6.04. The molecule has 6 saturated carbocycles. The van der Waals surface area contributed by atoms with E-state index in [4.69, 9.17) is 4.98 Å². The van der Waals surface area contributed by atoms with Crippen LogP contribution in [0.4, 0.5) is 5.69 Å². The molecule has 2 aromatic rings. The number of carboxylic acid groups (broad SMARTS) is 1. The number of aromatic nitrogens is 2. The van der Waals surface area contributed by atoms with Gasteiger partial charge in [0, 0.05) is 17.3 Å². The van der Waals surface area contributed by atoms with E-state index in [1.807, 2.05) is 0 Å². The molecule has 6 nitrogen and oxygen atoms in total. The summed E-state index contributed by atoms with van der Waals surface area (Å²) in [4.78, 5) is 34.0. The molecule has 8 rings (SSSR count). The van der Waals surface area contributed by atoms with E-state index in [2.05, 4.69) is 31.1 Å². The molecule has 208 valence electrons. The maximum atomic E-state index is 13.7. The zero-order valence-corrected chi connectivity index (χ0v) is 23.7. The van der Waals surface area contributed by atoms with Crippen molar-refractivity contribution in [3.8, 4) is 0 Å². The monoisotopic (exact) mass is 529 g/mol. The number of aromatic amines is 1. The summed E-state index contributed by atoms with van der Waals surface area (Å²) < 4.78 is 0. The number of carbonyl (C=O) groups is 2. The van der Waals surface area contributed by atoms with Gasteiger partial charge in [-0.2, -0.15) is 0 Å². The van der Waals surface area contributed by atoms with Crippen LogP contribution in [0, 0.1) is 39.9 Å². The van der Waals surface area contributed by atoms with Crippen LogP contribution < -0.4 is 5.32 Å². The fourth-order valence-electron chi connectivity index (χ4n) is 10.5. The quantitative estimate of drug-likeness (QED) is 0.347. The predicted octanol–water partition coefficient (Wildman–Crippen LogP) is 7.44. The number of hydrogen-bond donors (Lipinski definition) is 3. The number of carboxylic acids is 1. The molecule has 1 amide bonds. The van der Waals surface area contributed by atoms with Crippen molar-refractivity contribution in [3.63, 3.8) is 0 Å². The zero-order valence-electron chi connectivity index (χ0n) is 23.7. The fourth-order valence-corrected chi connectivity index (χ4v) is 10.5. The molecule has 6 aliphatic carbocycles. The number of imidazole rings is 1. The van der Waals surface area contributed by atoms with E-state index in [9.17, 15) is 14.7 Å². The number of carbonyl (C=O) groups excluding carboxylic acids is 1. The second-order valence-corrected chi connectivity index (χ2v) is 14.9. The third-order valence-corrected chi connectivity index (χ3v) is 12.6. The Kier molecular flexibility index (Phi) is 5.64. The van der Waals surface area contributed by atoms with Gasteiger partial charge in [0.05, 0.1) is 5.56 Å². The summed E-state index contributed by atoms with van der Waals surface area (Å²) in [6.45, 7) is 7.27. The van der Waals surface area contributed by atoms with E-state index >= 15 is 0 Å². The topological polar surface area (TPSA) is 95.1 Å². The SMILES string of the molecule is CC1(C)C2CC[C@@]1(C)C(c1nc(C(=O)Nc3cccc(C(=O)O)c3)c(CCC34CC5CC(CC(C5)C3)C4)[nH]1)C2. The standard InChI is InChI=1S/C33H43N3O3/c1-31(2)23-7-9-32(31,3)25(15-23)28-35-26(8-10-33-16-19-11-20(17-33)13-21(12-19)18-33)27(36-28)29(37)34-24-6-4-5-22(14-24)30(38)39/h4-6,14,19-21,23,25H,7-13,15-18H2,1-3H3,(H,34,37)(H,35,36)(H,38,39)/t19?,20?,21?,23?,25?,32-,33?/m0/s1. The smallest absolute Gasteiger partial charge is 0.335 e. The third kappa shape index (κ3) is 3.99. The molecule has 0 radical (unpaired) electrons. The number of nitrogens with one attached hydrogen (secondary N) is 2. The van der Waals surface area contributed by atoms with Crippen LogP contribution in [-0.2, 0) is 6.42 Å². The summed E-state index contributed by atoms with van der Waals surface area (Å²) in [5.74, 6) is 3.50. The van der Waals surface area contributed by atoms with Crippen molar-refractivity contribution < 1.29 is 14.7 Å². The van der Waals surface area contributed by atoms with Crippen molar-refractivity contribution in [2.45, 2.75) is 97.3 Å². The van der Waals surface area contributed by atoms with Crippen molar-refractivity contribution in [1.82, 2.24) is 9.97 Å². The first-order valence-electron chi connectivity index (χ1n) is 15.3. The van der Waals surface area contributed by atoms with E-state index in [-0.39, 0.29) is 22.3 Å². The second kappa shape index (κ2) is 8.68. The van der Waals surface area contributed by atoms with E-state index in [1.54, 1.807) is 18.2 Å². The molecule has 6 heteroatoms. The number of aromatic carboxylic acids is 1. The van der Waals surface area contributed by atoms with Crippen LogP contribution in [0.5, 0.6) is 0 Å². The van der Waals surface area contributed by atoms with Crippen molar-refractivity contribution in [2.24, 2.45) is 39.9 Å². The van der Waals surface area contributed by atoms with E-state index < -0.39 is 5.97 Å². The van der Waals surface area contributed by atoms with Crippen LogP contribution in [0.25, 0.3) is 0 Å². The average Bonchev–Trinajstić information content (AvgIpc) is 3.46. The number of H-pyrrole nitrogens is 1. The maximum absolute atomic E-state index is 13.7. The maximum Gasteiger partial charge on any atom is 0.335 e. The van der Waals surface area contributed by atoms with Crippen LogP contribution in [0.15, 0.2) is 24.3 Å². The van der Waals surface area contributed by atoms with E-state index in [0.29, 0.717) is 28.6 Å². The first-order valence-corrected chi connectivity index (χ1v) is 15.3. The Bertz CT molecular complexity index is 1290. The molecule has 3 N–H and O–H groups in total. The first-order chi connectivity index (χ1) is 18.6. The van der Waals surface area contributed by atoms with Crippen molar-refractivity contribution in [3.05, 3.63) is 47.0 Å². The highest BCUT2D eigenvalue weighted by Gasteiger charge is 2.62. The molecule has 3 atom stereocenters. The lowest BCUT2D eigenvalue weighted by Crippen LogP contribution is -2.46. The van der Waals surface area contributed by atoms with Gasteiger partial charge < -0.3 is 15.4 Å². The second-order valence-electron chi connectivity index (χ2n) is 14.9. The summed E-state index contributed by atoms with van der Waals surface area (Å²) in [6, 6.07) is 6.47. The Balaban J connectivity index is 1.18. The summed E-state index contributed by atoms with van der Waals surface area (Å²) in [5.41, 5.74) is 3.00. The molecule has 1 heterocycles. The lowest BCUT2D eigenvalue weighted by molar-refractivity contribution is -0.0570. The van der Waals surface area contributed by atoms with Gasteiger partial charge in [0.2, 0.25) is 0 Å². The number of amides is 1. The summed E-state index contributed by atoms with van der Waals surface area (Å²) in [6.07, 6.45) is 14.0. The number of benzene rings is 1. The third-order valence-electron chi connectivity index (χ3n) is 12.6. The van der Waals surface area contributed by atoms with E-state index in [0.717, 1.165) is 48.5 Å². The normalized spacial score (nSPS) is 37.4. The van der Waals surface area contributed by atoms with Gasteiger partial charge in [0.15, 0.2) is 0 Å². The van der Waals surface area contributed by atoms with Crippen molar-refractivity contribution >= 4 is 17.6 Å². The van der Waals surface area contributed by atoms with Gasteiger partial charge in [0.1, 0.15) is 11.5 Å². The van der Waals surface area contributed by atoms with Gasteiger partial charge in [-0.15, -0.1) is 0 Å². The van der Waals surface area contributed by atoms with Gasteiger partial charge in [-0.3, -0.25) is 4.79 Å². The fraction of sp³-hybridized carbons (Fsp3) is 0.667. The Morgan fingerprint density at radius 2 is 1.74 bits per heavy atom. The van der Waals surface area contributed by atoms with Crippen LogP contribution in [0.2, 0.25) is 0 Å². The highest BCUT2D eigenvalue weighted by Crippen LogP contribution is 2.70. The van der Waals surface area contributed by atoms with Crippen LogP contribution in [0.1, 0.15) is 123 Å². The minimum atomic E-state index is -1.00. The van der Waals surface area contributed by atoms with Crippen LogP contribution >= 0.6 is 0 Å². The largest absolute Gasteiger partial charge is 0.478 e. The molecule has 6 bridgehead atoms. The molecule has 0 spiro atoms. The van der Waals surface area contributed by atoms with Crippen molar-refractivity contribution in [2.75, 3.05) is 5.32 Å². The molecule has 1 aromatic carbocycles. The number of anilines is 1. The van der Waals surface area contributed by atoms with Crippen molar-refractivity contribution in [1.29, 1.82) is 0 Å². The highest BCUT2D eigenvalue weighted by atomic mass is 16.4. The summed E-state index contributed by atoms with van der Waals surface area (Å²) in [7, 11) is 0. The zero-order chi connectivity index (χ0) is 27.2. The Morgan fingerprint density at radius 1 is 1.05 bits per heavy atom. The molecule has 0 aliphatic heterocycles. The molecular weight excluding hydrogens is 486 g/mol. The number of fused-ring (bicyclic) bond motifs is 2. The number of nitrogens with zero attached hydrogens (tertiary/aromatic N) is 1.